The second kappa shape index (κ2) is 7.71. The van der Waals surface area contributed by atoms with Crippen molar-refractivity contribution < 1.29 is 14.3 Å². The summed E-state index contributed by atoms with van der Waals surface area (Å²) in [5.41, 5.74) is 2.80. The zero-order valence-electron chi connectivity index (χ0n) is 17.8. The standard InChI is InChI=1S/C23H30N2O3S/c1-23(2,3)16-8-9-17-14(12-16)11-15-13-19(29-20(15)24-17)21(26)25-10-6-5-7-18(25)22(27)28-4/h11,13,16,18H,5-10,12H2,1-4H3/t16?,18-/m1/s1. The number of methoxy groups -OCH3 is 1. The van der Waals surface area contributed by atoms with Gasteiger partial charge in [-0.3, -0.25) is 4.79 Å². The Labute approximate surface area is 176 Å². The molecule has 29 heavy (non-hydrogen) atoms. The van der Waals surface area contributed by atoms with Crippen LogP contribution in [0, 0.1) is 11.3 Å². The number of carbonyl (C=O) groups is 2. The van der Waals surface area contributed by atoms with Crippen LogP contribution in [0.1, 0.15) is 67.4 Å². The topological polar surface area (TPSA) is 59.5 Å². The highest BCUT2D eigenvalue weighted by Crippen LogP contribution is 2.38. The van der Waals surface area contributed by atoms with Crippen molar-refractivity contribution in [3.8, 4) is 0 Å². The third kappa shape index (κ3) is 3.91. The number of fused-ring (bicyclic) bond motifs is 2. The van der Waals surface area contributed by atoms with Crippen LogP contribution in [0.4, 0.5) is 0 Å². The molecule has 5 nitrogen and oxygen atoms in total. The molecule has 0 radical (unpaired) electrons. The SMILES string of the molecule is COC(=O)[C@H]1CCCCN1C(=O)c1cc2cc3c(nc2s1)CCC(C(C)(C)C)C3. The van der Waals surface area contributed by atoms with E-state index in [1.165, 1.54) is 36.1 Å². The minimum absolute atomic E-state index is 0.0753. The Hall–Kier alpha value is -1.95. The van der Waals surface area contributed by atoms with E-state index in [0.29, 0.717) is 29.2 Å². The number of piperidine rings is 1. The zero-order valence-corrected chi connectivity index (χ0v) is 18.6. The van der Waals surface area contributed by atoms with Crippen LogP contribution in [0.3, 0.4) is 0 Å². The van der Waals surface area contributed by atoms with Crippen molar-refractivity contribution in [1.29, 1.82) is 0 Å². The molecule has 2 aliphatic rings. The predicted molar refractivity (Wildman–Crippen MR) is 115 cm³/mol. The van der Waals surface area contributed by atoms with Crippen LogP contribution < -0.4 is 0 Å². The largest absolute Gasteiger partial charge is 0.467 e. The summed E-state index contributed by atoms with van der Waals surface area (Å²) in [7, 11) is 1.39. The van der Waals surface area contributed by atoms with Crippen LogP contribution in [0.2, 0.25) is 0 Å². The van der Waals surface area contributed by atoms with Crippen LogP contribution in [0.25, 0.3) is 10.2 Å². The van der Waals surface area contributed by atoms with Gasteiger partial charge in [-0.2, -0.15) is 0 Å². The van der Waals surface area contributed by atoms with Gasteiger partial charge in [-0.15, -0.1) is 11.3 Å². The van der Waals surface area contributed by atoms with Crippen molar-refractivity contribution in [2.75, 3.05) is 13.7 Å². The molecule has 0 N–H and O–H groups in total. The van der Waals surface area contributed by atoms with Gasteiger partial charge in [0.25, 0.3) is 5.91 Å². The quantitative estimate of drug-likeness (QED) is 0.673. The number of nitrogens with zero attached hydrogens (tertiary/aromatic N) is 2. The number of pyridine rings is 1. The molecule has 1 fully saturated rings. The summed E-state index contributed by atoms with van der Waals surface area (Å²) in [5, 5.41) is 1.04. The first-order valence-electron chi connectivity index (χ1n) is 10.6. The summed E-state index contributed by atoms with van der Waals surface area (Å²) < 4.78 is 4.93. The van der Waals surface area contributed by atoms with E-state index in [1.807, 2.05) is 6.07 Å². The number of aryl methyl sites for hydroxylation is 1. The number of amides is 1. The molecule has 2 aromatic rings. The first-order valence-corrected chi connectivity index (χ1v) is 11.4. The Kier molecular flexibility index (Phi) is 5.40. The van der Waals surface area contributed by atoms with E-state index in [1.54, 1.807) is 4.90 Å². The van der Waals surface area contributed by atoms with Crippen molar-refractivity contribution in [2.45, 2.75) is 65.3 Å². The maximum atomic E-state index is 13.2. The van der Waals surface area contributed by atoms with Crippen LogP contribution in [-0.4, -0.2) is 41.5 Å². The fraction of sp³-hybridized carbons (Fsp3) is 0.609. The molecule has 1 unspecified atom stereocenters. The summed E-state index contributed by atoms with van der Waals surface area (Å²) in [6, 6.07) is 3.72. The molecule has 2 aromatic heterocycles. The lowest BCUT2D eigenvalue weighted by Crippen LogP contribution is -2.48. The van der Waals surface area contributed by atoms with Gasteiger partial charge in [-0.25, -0.2) is 9.78 Å². The van der Waals surface area contributed by atoms with Gasteiger partial charge in [-0.1, -0.05) is 20.8 Å². The number of rotatable bonds is 2. The van der Waals surface area contributed by atoms with Crippen LogP contribution in [-0.2, 0) is 22.4 Å². The monoisotopic (exact) mass is 414 g/mol. The molecule has 3 heterocycles. The number of carbonyl (C=O) groups excluding carboxylic acids is 2. The summed E-state index contributed by atoms with van der Waals surface area (Å²) in [5.74, 6) is 0.262. The number of thiophene rings is 1. The summed E-state index contributed by atoms with van der Waals surface area (Å²) in [6.45, 7) is 7.54. The lowest BCUT2D eigenvalue weighted by molar-refractivity contribution is -0.147. The smallest absolute Gasteiger partial charge is 0.328 e. The summed E-state index contributed by atoms with van der Waals surface area (Å²) in [6.07, 6.45) is 5.76. The second-order valence-electron chi connectivity index (χ2n) is 9.44. The molecule has 1 amide bonds. The zero-order chi connectivity index (χ0) is 20.8. The van der Waals surface area contributed by atoms with Gasteiger partial charge in [0.1, 0.15) is 10.9 Å². The second-order valence-corrected chi connectivity index (χ2v) is 10.5. The first-order chi connectivity index (χ1) is 13.8. The van der Waals surface area contributed by atoms with Crippen molar-refractivity contribution in [3.05, 3.63) is 28.3 Å². The first kappa shape index (κ1) is 20.3. The van der Waals surface area contributed by atoms with E-state index >= 15 is 0 Å². The van der Waals surface area contributed by atoms with Crippen molar-refractivity contribution in [1.82, 2.24) is 9.88 Å². The number of hydrogen-bond donors (Lipinski definition) is 0. The fourth-order valence-electron chi connectivity index (χ4n) is 4.67. The number of ether oxygens (including phenoxy) is 1. The molecule has 0 bridgehead atoms. The normalized spacial score (nSPS) is 22.4. The van der Waals surface area contributed by atoms with E-state index in [2.05, 4.69) is 26.8 Å². The summed E-state index contributed by atoms with van der Waals surface area (Å²) >= 11 is 1.45. The van der Waals surface area contributed by atoms with E-state index in [9.17, 15) is 9.59 Å². The molecule has 2 atom stereocenters. The van der Waals surface area contributed by atoms with Gasteiger partial charge in [-0.05, 0) is 67.6 Å². The average molecular weight is 415 g/mol. The Balaban J connectivity index is 1.62. The van der Waals surface area contributed by atoms with E-state index < -0.39 is 6.04 Å². The minimum atomic E-state index is -0.472. The predicted octanol–water partition coefficient (Wildman–Crippen LogP) is 4.62. The molecule has 0 aromatic carbocycles. The highest BCUT2D eigenvalue weighted by Gasteiger charge is 2.34. The van der Waals surface area contributed by atoms with Gasteiger partial charge in [0.15, 0.2) is 0 Å². The lowest BCUT2D eigenvalue weighted by atomic mass is 9.71. The third-order valence-electron chi connectivity index (χ3n) is 6.55. The highest BCUT2D eigenvalue weighted by molar-refractivity contribution is 7.20. The van der Waals surface area contributed by atoms with Crippen molar-refractivity contribution in [3.63, 3.8) is 0 Å². The Morgan fingerprint density at radius 2 is 2.00 bits per heavy atom. The molecular weight excluding hydrogens is 384 g/mol. The molecule has 156 valence electrons. The fourth-order valence-corrected chi connectivity index (χ4v) is 5.66. The number of likely N-dealkylation sites (tertiary alicyclic amines) is 1. The lowest BCUT2D eigenvalue weighted by Gasteiger charge is -2.34. The Bertz CT molecular complexity index is 943. The van der Waals surface area contributed by atoms with Crippen LogP contribution >= 0.6 is 11.3 Å². The van der Waals surface area contributed by atoms with Gasteiger partial charge in [0.05, 0.1) is 12.0 Å². The van der Waals surface area contributed by atoms with Crippen LogP contribution in [0.5, 0.6) is 0 Å². The van der Waals surface area contributed by atoms with Gasteiger partial charge < -0.3 is 9.64 Å². The van der Waals surface area contributed by atoms with E-state index in [-0.39, 0.29) is 11.9 Å². The number of aromatic nitrogens is 1. The van der Waals surface area contributed by atoms with E-state index in [4.69, 9.17) is 9.72 Å². The Morgan fingerprint density at radius 3 is 2.72 bits per heavy atom. The number of esters is 1. The molecule has 1 aliphatic carbocycles. The van der Waals surface area contributed by atoms with Gasteiger partial charge in [0, 0.05) is 17.6 Å². The molecule has 0 spiro atoms. The van der Waals surface area contributed by atoms with Crippen molar-refractivity contribution >= 4 is 33.4 Å². The maximum Gasteiger partial charge on any atom is 0.328 e. The molecule has 4 rings (SSSR count). The molecule has 0 saturated carbocycles. The van der Waals surface area contributed by atoms with Crippen LogP contribution in [0.15, 0.2) is 12.1 Å². The number of hydrogen-bond acceptors (Lipinski definition) is 5. The summed E-state index contributed by atoms with van der Waals surface area (Å²) in [4.78, 5) is 33.5. The molecule has 1 aliphatic heterocycles. The van der Waals surface area contributed by atoms with E-state index in [0.717, 1.165) is 35.9 Å². The van der Waals surface area contributed by atoms with Crippen molar-refractivity contribution in [2.24, 2.45) is 11.3 Å². The molecule has 1 saturated heterocycles. The average Bonchev–Trinajstić information content (AvgIpc) is 3.12. The maximum absolute atomic E-state index is 13.2. The highest BCUT2D eigenvalue weighted by atomic mass is 32.1. The Morgan fingerprint density at radius 1 is 1.21 bits per heavy atom. The van der Waals surface area contributed by atoms with Gasteiger partial charge in [0.2, 0.25) is 0 Å². The minimum Gasteiger partial charge on any atom is -0.467 e. The molecular formula is C23H30N2O3S. The molecule has 6 heteroatoms. The third-order valence-corrected chi connectivity index (χ3v) is 7.58. The van der Waals surface area contributed by atoms with Gasteiger partial charge >= 0.3 is 5.97 Å².